The van der Waals surface area contributed by atoms with Gasteiger partial charge in [0, 0.05) is 15.0 Å². The van der Waals surface area contributed by atoms with E-state index >= 15 is 0 Å². The molecule has 3 heteroatoms. The fourth-order valence-electron chi connectivity index (χ4n) is 2.26. The molecule has 0 heterocycles. The van der Waals surface area contributed by atoms with Crippen molar-refractivity contribution >= 4 is 37.5 Å². The minimum atomic E-state index is 0.637. The lowest BCUT2D eigenvalue weighted by atomic mass is 10.1. The molecule has 16 heavy (non-hydrogen) atoms. The van der Waals surface area contributed by atoms with Crippen LogP contribution in [0.1, 0.15) is 38.5 Å². The van der Waals surface area contributed by atoms with Gasteiger partial charge < -0.3 is 5.32 Å². The maximum absolute atomic E-state index is 3.66. The number of hydrogen-bond acceptors (Lipinski definition) is 1. The Morgan fingerprint density at radius 3 is 2.06 bits per heavy atom. The first kappa shape index (κ1) is 12.4. The van der Waals surface area contributed by atoms with Crippen LogP contribution < -0.4 is 5.32 Å². The Hall–Kier alpha value is -0.0200. The zero-order valence-corrected chi connectivity index (χ0v) is 12.5. The summed E-state index contributed by atoms with van der Waals surface area (Å²) in [6, 6.07) is 6.86. The molecule has 1 nitrogen and oxygen atoms in total. The van der Waals surface area contributed by atoms with Gasteiger partial charge in [0.25, 0.3) is 0 Å². The van der Waals surface area contributed by atoms with Crippen LogP contribution in [-0.4, -0.2) is 6.04 Å². The molecular formula is C13H17Br2N. The third-order valence-corrected chi connectivity index (χ3v) is 4.49. The first-order valence-electron chi connectivity index (χ1n) is 5.98. The van der Waals surface area contributed by atoms with Crippen LogP contribution in [0.5, 0.6) is 0 Å². The molecule has 1 fully saturated rings. The van der Waals surface area contributed by atoms with E-state index in [1.165, 1.54) is 44.2 Å². The van der Waals surface area contributed by atoms with Crippen LogP contribution in [0.3, 0.4) is 0 Å². The minimum absolute atomic E-state index is 0.637. The SMILES string of the molecule is Brc1cccc(Br)c1NC1CCCCCC1. The highest BCUT2D eigenvalue weighted by Crippen LogP contribution is 2.32. The van der Waals surface area contributed by atoms with Crippen LogP contribution in [0.2, 0.25) is 0 Å². The Kier molecular flexibility index (Phi) is 4.71. The number of nitrogens with one attached hydrogen (secondary N) is 1. The van der Waals surface area contributed by atoms with Gasteiger partial charge in [-0.25, -0.2) is 0 Å². The number of para-hydroxylation sites is 1. The molecule has 0 saturated heterocycles. The monoisotopic (exact) mass is 345 g/mol. The van der Waals surface area contributed by atoms with Gasteiger partial charge in [0.15, 0.2) is 0 Å². The Bertz CT molecular complexity index is 324. The first-order chi connectivity index (χ1) is 7.77. The molecule has 0 amide bonds. The second-order valence-corrected chi connectivity index (χ2v) is 6.14. The van der Waals surface area contributed by atoms with Crippen molar-refractivity contribution < 1.29 is 0 Å². The van der Waals surface area contributed by atoms with Gasteiger partial charge in [0.05, 0.1) is 5.69 Å². The van der Waals surface area contributed by atoms with E-state index in [0.29, 0.717) is 6.04 Å². The average molecular weight is 347 g/mol. The second kappa shape index (κ2) is 6.06. The highest BCUT2D eigenvalue weighted by atomic mass is 79.9. The molecule has 0 aromatic heterocycles. The zero-order valence-electron chi connectivity index (χ0n) is 9.31. The van der Waals surface area contributed by atoms with Crippen LogP contribution >= 0.6 is 31.9 Å². The molecule has 0 bridgehead atoms. The summed E-state index contributed by atoms with van der Waals surface area (Å²) in [5.41, 5.74) is 1.20. The van der Waals surface area contributed by atoms with Gasteiger partial charge in [-0.05, 0) is 56.8 Å². The fourth-order valence-corrected chi connectivity index (χ4v) is 3.49. The van der Waals surface area contributed by atoms with Crippen molar-refractivity contribution in [2.24, 2.45) is 0 Å². The molecule has 1 aliphatic rings. The largest absolute Gasteiger partial charge is 0.380 e. The highest BCUT2D eigenvalue weighted by molar-refractivity contribution is 9.11. The number of halogens is 2. The molecule has 1 saturated carbocycles. The molecule has 1 aliphatic carbocycles. The van der Waals surface area contributed by atoms with Crippen LogP contribution in [0.4, 0.5) is 5.69 Å². The summed E-state index contributed by atoms with van der Waals surface area (Å²) in [6.45, 7) is 0. The van der Waals surface area contributed by atoms with E-state index in [9.17, 15) is 0 Å². The van der Waals surface area contributed by atoms with Gasteiger partial charge in [-0.3, -0.25) is 0 Å². The maximum Gasteiger partial charge on any atom is 0.0631 e. The predicted octanol–water partition coefficient (Wildman–Crippen LogP) is 5.35. The van der Waals surface area contributed by atoms with Crippen LogP contribution in [-0.2, 0) is 0 Å². The topological polar surface area (TPSA) is 12.0 Å². The summed E-state index contributed by atoms with van der Waals surface area (Å²) >= 11 is 7.20. The number of anilines is 1. The molecule has 1 aromatic carbocycles. The standard InChI is InChI=1S/C13H17Br2N/c14-11-8-5-9-12(15)13(11)16-10-6-3-1-2-4-7-10/h5,8-10,16H,1-4,6-7H2. The summed E-state index contributed by atoms with van der Waals surface area (Å²) in [5, 5.41) is 3.66. The Balaban J connectivity index is 2.07. The molecule has 1 N–H and O–H groups in total. The van der Waals surface area contributed by atoms with Crippen LogP contribution in [0, 0.1) is 0 Å². The number of hydrogen-bond donors (Lipinski definition) is 1. The molecule has 0 atom stereocenters. The van der Waals surface area contributed by atoms with Crippen molar-refractivity contribution in [1.82, 2.24) is 0 Å². The normalized spacial score (nSPS) is 18.1. The van der Waals surface area contributed by atoms with Crippen molar-refractivity contribution in [1.29, 1.82) is 0 Å². The Labute approximate surface area is 114 Å². The predicted molar refractivity (Wildman–Crippen MR) is 77.0 cm³/mol. The lowest BCUT2D eigenvalue weighted by Gasteiger charge is -2.19. The molecule has 0 spiro atoms. The molecule has 0 unspecified atom stereocenters. The van der Waals surface area contributed by atoms with Crippen molar-refractivity contribution in [3.63, 3.8) is 0 Å². The van der Waals surface area contributed by atoms with Crippen molar-refractivity contribution in [2.45, 2.75) is 44.6 Å². The second-order valence-electron chi connectivity index (χ2n) is 4.43. The molecule has 1 aromatic rings. The minimum Gasteiger partial charge on any atom is -0.380 e. The Morgan fingerprint density at radius 2 is 1.50 bits per heavy atom. The van der Waals surface area contributed by atoms with E-state index in [0.717, 1.165) is 8.95 Å². The molecule has 0 aliphatic heterocycles. The van der Waals surface area contributed by atoms with E-state index in [-0.39, 0.29) is 0 Å². The highest BCUT2D eigenvalue weighted by Gasteiger charge is 2.14. The lowest BCUT2D eigenvalue weighted by molar-refractivity contribution is 0.619. The van der Waals surface area contributed by atoms with Crippen LogP contribution in [0.15, 0.2) is 27.1 Å². The summed E-state index contributed by atoms with van der Waals surface area (Å²) in [6.07, 6.45) is 8.12. The van der Waals surface area contributed by atoms with E-state index in [1.54, 1.807) is 0 Å². The van der Waals surface area contributed by atoms with Gasteiger partial charge in [0.1, 0.15) is 0 Å². The summed E-state index contributed by atoms with van der Waals surface area (Å²) in [7, 11) is 0. The van der Waals surface area contributed by atoms with Gasteiger partial charge >= 0.3 is 0 Å². The Morgan fingerprint density at radius 1 is 0.938 bits per heavy atom. The van der Waals surface area contributed by atoms with Gasteiger partial charge in [-0.1, -0.05) is 31.7 Å². The average Bonchev–Trinajstić information content (AvgIpc) is 2.52. The summed E-state index contributed by atoms with van der Waals surface area (Å²) < 4.78 is 2.29. The quantitative estimate of drug-likeness (QED) is 0.712. The third-order valence-electron chi connectivity index (χ3n) is 3.17. The third kappa shape index (κ3) is 3.24. The van der Waals surface area contributed by atoms with Gasteiger partial charge in [0.2, 0.25) is 0 Å². The summed E-state index contributed by atoms with van der Waals surface area (Å²) in [5.74, 6) is 0. The summed E-state index contributed by atoms with van der Waals surface area (Å²) in [4.78, 5) is 0. The van der Waals surface area contributed by atoms with Crippen LogP contribution in [0.25, 0.3) is 0 Å². The van der Waals surface area contributed by atoms with Crippen molar-refractivity contribution in [3.8, 4) is 0 Å². The first-order valence-corrected chi connectivity index (χ1v) is 7.56. The van der Waals surface area contributed by atoms with E-state index in [4.69, 9.17) is 0 Å². The molecule has 0 radical (unpaired) electrons. The van der Waals surface area contributed by atoms with E-state index in [1.807, 2.05) is 6.07 Å². The van der Waals surface area contributed by atoms with Crippen molar-refractivity contribution in [3.05, 3.63) is 27.1 Å². The maximum atomic E-state index is 3.66. The molecular weight excluding hydrogens is 330 g/mol. The van der Waals surface area contributed by atoms with Gasteiger partial charge in [-0.15, -0.1) is 0 Å². The van der Waals surface area contributed by atoms with E-state index < -0.39 is 0 Å². The zero-order chi connectivity index (χ0) is 11.4. The smallest absolute Gasteiger partial charge is 0.0631 e. The lowest BCUT2D eigenvalue weighted by Crippen LogP contribution is -2.18. The number of benzene rings is 1. The van der Waals surface area contributed by atoms with Gasteiger partial charge in [-0.2, -0.15) is 0 Å². The molecule has 2 rings (SSSR count). The van der Waals surface area contributed by atoms with E-state index in [2.05, 4.69) is 49.3 Å². The van der Waals surface area contributed by atoms with Crippen molar-refractivity contribution in [2.75, 3.05) is 5.32 Å². The number of rotatable bonds is 2. The fraction of sp³-hybridized carbons (Fsp3) is 0.538. The molecule has 88 valence electrons.